The van der Waals surface area contributed by atoms with Crippen LogP contribution in [0.3, 0.4) is 0 Å². The zero-order valence-corrected chi connectivity index (χ0v) is 13.4. The summed E-state index contributed by atoms with van der Waals surface area (Å²) in [6, 6.07) is 13.9. The van der Waals surface area contributed by atoms with Gasteiger partial charge in [0.05, 0.1) is 11.6 Å². The van der Waals surface area contributed by atoms with Gasteiger partial charge in [-0.05, 0) is 55.0 Å². The molecule has 126 valence electrons. The van der Waals surface area contributed by atoms with E-state index in [4.69, 9.17) is 10.00 Å². The van der Waals surface area contributed by atoms with Crippen molar-refractivity contribution >= 4 is 23.6 Å². The predicted molar refractivity (Wildman–Crippen MR) is 90.8 cm³/mol. The van der Waals surface area contributed by atoms with Crippen LogP contribution in [0.2, 0.25) is 0 Å². The number of ether oxygens (including phenoxy) is 1. The van der Waals surface area contributed by atoms with Crippen LogP contribution in [0.25, 0.3) is 6.08 Å². The average molecular weight is 338 g/mol. The van der Waals surface area contributed by atoms with Gasteiger partial charge in [0.25, 0.3) is 5.91 Å². The van der Waals surface area contributed by atoms with Gasteiger partial charge >= 0.3 is 5.97 Å². The molecule has 5 nitrogen and oxygen atoms in total. The molecule has 0 fully saturated rings. The Morgan fingerprint density at radius 1 is 1.16 bits per heavy atom. The van der Waals surface area contributed by atoms with Crippen molar-refractivity contribution in [2.45, 2.75) is 13.0 Å². The lowest BCUT2D eigenvalue weighted by molar-refractivity contribution is -0.148. The third-order valence-electron chi connectivity index (χ3n) is 3.23. The molecule has 1 amide bonds. The van der Waals surface area contributed by atoms with Gasteiger partial charge in [-0.15, -0.1) is 0 Å². The van der Waals surface area contributed by atoms with Crippen molar-refractivity contribution in [2.24, 2.45) is 0 Å². The van der Waals surface area contributed by atoms with E-state index in [0.29, 0.717) is 11.3 Å². The van der Waals surface area contributed by atoms with E-state index in [1.165, 1.54) is 43.3 Å². The molecule has 2 aromatic rings. The first-order valence-electron chi connectivity index (χ1n) is 7.43. The van der Waals surface area contributed by atoms with Crippen molar-refractivity contribution in [3.8, 4) is 6.07 Å². The molecule has 0 aliphatic rings. The summed E-state index contributed by atoms with van der Waals surface area (Å²) in [5.74, 6) is -1.61. The molecule has 25 heavy (non-hydrogen) atoms. The van der Waals surface area contributed by atoms with Gasteiger partial charge in [-0.2, -0.15) is 5.26 Å². The first kappa shape index (κ1) is 17.9. The van der Waals surface area contributed by atoms with Crippen molar-refractivity contribution in [3.63, 3.8) is 0 Å². The minimum Gasteiger partial charge on any atom is -0.449 e. The molecule has 0 aliphatic heterocycles. The monoisotopic (exact) mass is 338 g/mol. The molecule has 1 N–H and O–H groups in total. The third-order valence-corrected chi connectivity index (χ3v) is 3.23. The largest absolute Gasteiger partial charge is 0.449 e. The van der Waals surface area contributed by atoms with Crippen LogP contribution in [-0.2, 0) is 14.3 Å². The number of carbonyl (C=O) groups is 2. The smallest absolute Gasteiger partial charge is 0.331 e. The van der Waals surface area contributed by atoms with Crippen molar-refractivity contribution in [1.29, 1.82) is 5.26 Å². The third kappa shape index (κ3) is 5.59. The fourth-order valence-electron chi connectivity index (χ4n) is 1.88. The van der Waals surface area contributed by atoms with E-state index in [-0.39, 0.29) is 0 Å². The Morgan fingerprint density at radius 3 is 2.40 bits per heavy atom. The Kier molecular flexibility index (Phi) is 6.02. The number of nitrogens with one attached hydrogen (secondary N) is 1. The van der Waals surface area contributed by atoms with E-state index in [2.05, 4.69) is 5.32 Å². The maximum Gasteiger partial charge on any atom is 0.331 e. The molecule has 0 unspecified atom stereocenters. The van der Waals surface area contributed by atoms with E-state index >= 15 is 0 Å². The Morgan fingerprint density at radius 2 is 1.80 bits per heavy atom. The second kappa shape index (κ2) is 8.41. The highest BCUT2D eigenvalue weighted by Gasteiger charge is 2.16. The van der Waals surface area contributed by atoms with Crippen LogP contribution in [0.15, 0.2) is 54.6 Å². The lowest BCUT2D eigenvalue weighted by atomic mass is 10.1. The number of nitriles is 1. The first-order chi connectivity index (χ1) is 12.0. The molecule has 2 rings (SSSR count). The number of hydrogen-bond donors (Lipinski definition) is 1. The second-order valence-corrected chi connectivity index (χ2v) is 5.14. The maximum absolute atomic E-state index is 12.8. The quantitative estimate of drug-likeness (QED) is 0.670. The minimum absolute atomic E-state index is 0.405. The van der Waals surface area contributed by atoms with Crippen LogP contribution in [-0.4, -0.2) is 18.0 Å². The molecule has 0 bridgehead atoms. The number of halogens is 1. The molecule has 0 radical (unpaired) electrons. The predicted octanol–water partition coefficient (Wildman–Crippen LogP) is 3.28. The van der Waals surface area contributed by atoms with Crippen LogP contribution in [0.1, 0.15) is 18.1 Å². The summed E-state index contributed by atoms with van der Waals surface area (Å²) in [5.41, 5.74) is 1.65. The number of rotatable bonds is 5. The fraction of sp³-hybridized carbons (Fsp3) is 0.105. The first-order valence-corrected chi connectivity index (χ1v) is 7.43. The van der Waals surface area contributed by atoms with Gasteiger partial charge in [0.1, 0.15) is 5.82 Å². The van der Waals surface area contributed by atoms with Gasteiger partial charge in [0.2, 0.25) is 0 Å². The summed E-state index contributed by atoms with van der Waals surface area (Å²) in [4.78, 5) is 23.7. The van der Waals surface area contributed by atoms with Crippen LogP contribution >= 0.6 is 0 Å². The number of hydrogen-bond acceptors (Lipinski definition) is 4. The zero-order valence-electron chi connectivity index (χ0n) is 13.4. The van der Waals surface area contributed by atoms with E-state index in [0.717, 1.165) is 5.56 Å². The number of esters is 1. The van der Waals surface area contributed by atoms with Crippen LogP contribution in [0.4, 0.5) is 10.1 Å². The van der Waals surface area contributed by atoms with Gasteiger partial charge in [-0.3, -0.25) is 4.79 Å². The van der Waals surface area contributed by atoms with E-state index in [1.54, 1.807) is 24.3 Å². The van der Waals surface area contributed by atoms with Crippen LogP contribution in [0, 0.1) is 17.1 Å². The topological polar surface area (TPSA) is 79.2 Å². The molecule has 1 atom stereocenters. The fourth-order valence-corrected chi connectivity index (χ4v) is 1.88. The molecule has 2 aromatic carbocycles. The maximum atomic E-state index is 12.8. The van der Waals surface area contributed by atoms with Gasteiger partial charge in [-0.1, -0.05) is 12.1 Å². The Bertz CT molecular complexity index is 821. The number of benzene rings is 2. The number of anilines is 1. The van der Waals surface area contributed by atoms with Gasteiger partial charge in [-0.25, -0.2) is 9.18 Å². The molecule has 0 heterocycles. The number of nitrogens with zero attached hydrogens (tertiary/aromatic N) is 1. The average Bonchev–Trinajstić information content (AvgIpc) is 2.62. The highest BCUT2D eigenvalue weighted by atomic mass is 19.1. The summed E-state index contributed by atoms with van der Waals surface area (Å²) in [5, 5.41) is 11.2. The summed E-state index contributed by atoms with van der Waals surface area (Å²) in [7, 11) is 0. The molecule has 0 aliphatic carbocycles. The molecule has 6 heteroatoms. The van der Waals surface area contributed by atoms with Gasteiger partial charge in [0, 0.05) is 11.8 Å². The highest BCUT2D eigenvalue weighted by Crippen LogP contribution is 2.10. The van der Waals surface area contributed by atoms with Crippen molar-refractivity contribution < 1.29 is 18.7 Å². The Hall–Kier alpha value is -3.46. The van der Waals surface area contributed by atoms with E-state index in [9.17, 15) is 14.0 Å². The van der Waals surface area contributed by atoms with Gasteiger partial charge in [0.15, 0.2) is 6.10 Å². The zero-order chi connectivity index (χ0) is 18.2. The van der Waals surface area contributed by atoms with Crippen molar-refractivity contribution in [1.82, 2.24) is 0 Å². The molecule has 0 spiro atoms. The highest BCUT2D eigenvalue weighted by molar-refractivity contribution is 5.96. The van der Waals surface area contributed by atoms with E-state index in [1.807, 2.05) is 6.07 Å². The lowest BCUT2D eigenvalue weighted by Gasteiger charge is -2.12. The van der Waals surface area contributed by atoms with E-state index < -0.39 is 23.8 Å². The van der Waals surface area contributed by atoms with Crippen molar-refractivity contribution in [2.75, 3.05) is 5.32 Å². The SMILES string of the molecule is C[C@@H](OC(=O)/C=C/c1ccc(C#N)cc1)C(=O)Nc1ccc(F)cc1. The number of carbonyl (C=O) groups excluding carboxylic acids is 2. The minimum atomic E-state index is -1.01. The molecule has 0 aromatic heterocycles. The summed E-state index contributed by atoms with van der Waals surface area (Å²) in [6.07, 6.45) is 1.71. The Labute approximate surface area is 144 Å². The van der Waals surface area contributed by atoms with Gasteiger partial charge < -0.3 is 10.1 Å². The molecule has 0 saturated carbocycles. The number of amides is 1. The second-order valence-electron chi connectivity index (χ2n) is 5.14. The summed E-state index contributed by atoms with van der Waals surface area (Å²) in [6.45, 7) is 1.44. The summed E-state index contributed by atoms with van der Waals surface area (Å²) >= 11 is 0. The molecular weight excluding hydrogens is 323 g/mol. The molecular formula is C19H15FN2O3. The Balaban J connectivity index is 1.87. The summed E-state index contributed by atoms with van der Waals surface area (Å²) < 4.78 is 17.8. The van der Waals surface area contributed by atoms with Crippen LogP contribution < -0.4 is 5.32 Å². The standard InChI is InChI=1S/C19H15FN2O3/c1-13(19(24)22-17-9-7-16(20)8-10-17)25-18(23)11-6-14-2-4-15(12-21)5-3-14/h2-11,13H,1H3,(H,22,24)/b11-6+/t13-/m1/s1. The normalized spacial score (nSPS) is 11.6. The lowest BCUT2D eigenvalue weighted by Crippen LogP contribution is -2.29. The van der Waals surface area contributed by atoms with Crippen LogP contribution in [0.5, 0.6) is 0 Å². The molecule has 0 saturated heterocycles. The van der Waals surface area contributed by atoms with Crippen molar-refractivity contribution in [3.05, 3.63) is 71.6 Å².